The van der Waals surface area contributed by atoms with Gasteiger partial charge in [0.1, 0.15) is 5.82 Å². The molecule has 94 valence electrons. The molecule has 1 nitrogen and oxygen atoms in total. The summed E-state index contributed by atoms with van der Waals surface area (Å²) < 4.78 is 12.9. The van der Waals surface area contributed by atoms with Crippen LogP contribution >= 0.6 is 11.8 Å². The number of benzene rings is 2. The molecule has 0 bridgehead atoms. The highest BCUT2D eigenvalue weighted by molar-refractivity contribution is 7.99. The lowest BCUT2D eigenvalue weighted by atomic mass is 10.1. The van der Waals surface area contributed by atoms with Crippen LogP contribution in [0.2, 0.25) is 0 Å². The number of halogens is 1. The van der Waals surface area contributed by atoms with Crippen LogP contribution in [-0.2, 0) is 0 Å². The summed E-state index contributed by atoms with van der Waals surface area (Å²) in [5, 5.41) is 3.26. The number of hydrogen-bond acceptors (Lipinski definition) is 2. The molecule has 1 N–H and O–H groups in total. The smallest absolute Gasteiger partial charge is 0.123 e. The predicted octanol–water partition coefficient (Wildman–Crippen LogP) is 3.88. The molecule has 0 saturated carbocycles. The van der Waals surface area contributed by atoms with Crippen LogP contribution in [0.15, 0.2) is 59.5 Å². The highest BCUT2D eigenvalue weighted by atomic mass is 32.2. The van der Waals surface area contributed by atoms with Crippen LogP contribution in [0.4, 0.5) is 4.39 Å². The fourth-order valence-electron chi connectivity index (χ4n) is 1.74. The van der Waals surface area contributed by atoms with Crippen molar-refractivity contribution in [3.05, 3.63) is 66.0 Å². The molecule has 1 unspecified atom stereocenters. The first kappa shape index (κ1) is 13.1. The van der Waals surface area contributed by atoms with Crippen molar-refractivity contribution in [2.24, 2.45) is 0 Å². The molecule has 0 heterocycles. The van der Waals surface area contributed by atoms with Gasteiger partial charge in [-0.1, -0.05) is 30.3 Å². The maximum absolute atomic E-state index is 12.9. The molecule has 2 rings (SSSR count). The summed E-state index contributed by atoms with van der Waals surface area (Å²) in [6.45, 7) is 0. The van der Waals surface area contributed by atoms with E-state index in [1.165, 1.54) is 17.0 Å². The van der Waals surface area contributed by atoms with Crippen LogP contribution in [-0.4, -0.2) is 12.8 Å². The highest BCUT2D eigenvalue weighted by Crippen LogP contribution is 2.24. The Morgan fingerprint density at radius 1 is 1.06 bits per heavy atom. The van der Waals surface area contributed by atoms with Gasteiger partial charge >= 0.3 is 0 Å². The van der Waals surface area contributed by atoms with Gasteiger partial charge in [0.15, 0.2) is 0 Å². The Kier molecular flexibility index (Phi) is 4.79. The second-order valence-corrected chi connectivity index (χ2v) is 5.11. The lowest BCUT2D eigenvalue weighted by molar-refractivity contribution is 0.620. The van der Waals surface area contributed by atoms with Gasteiger partial charge in [-0.15, -0.1) is 11.8 Å². The molecule has 0 saturated heterocycles. The summed E-state index contributed by atoms with van der Waals surface area (Å²) in [6.07, 6.45) is 0. The molecule has 1 atom stereocenters. The molecule has 2 aromatic rings. The molecule has 2 aromatic carbocycles. The molecule has 3 heteroatoms. The third-order valence-corrected chi connectivity index (χ3v) is 3.89. The normalized spacial score (nSPS) is 12.3. The van der Waals surface area contributed by atoms with Crippen molar-refractivity contribution in [2.45, 2.75) is 10.9 Å². The summed E-state index contributed by atoms with van der Waals surface area (Å²) in [5.41, 5.74) is 1.11. The van der Waals surface area contributed by atoms with Gasteiger partial charge in [-0.3, -0.25) is 0 Å². The zero-order chi connectivity index (χ0) is 12.8. The first-order chi connectivity index (χ1) is 8.79. The van der Waals surface area contributed by atoms with E-state index in [1.54, 1.807) is 11.8 Å². The molecule has 0 radical (unpaired) electrons. The van der Waals surface area contributed by atoms with Crippen LogP contribution < -0.4 is 5.32 Å². The summed E-state index contributed by atoms with van der Waals surface area (Å²) in [7, 11) is 1.93. The number of rotatable bonds is 5. The molecule has 18 heavy (non-hydrogen) atoms. The van der Waals surface area contributed by atoms with Gasteiger partial charge in [-0.2, -0.15) is 0 Å². The maximum atomic E-state index is 12.9. The minimum atomic E-state index is -0.190. The summed E-state index contributed by atoms with van der Waals surface area (Å²) in [5.74, 6) is 0.732. The van der Waals surface area contributed by atoms with Crippen molar-refractivity contribution >= 4 is 11.8 Å². The average Bonchev–Trinajstić information content (AvgIpc) is 2.42. The standard InChI is InChI=1S/C15H16FNS/c1-17-15(12-7-9-13(16)10-8-12)11-18-14-5-3-2-4-6-14/h2-10,15,17H,11H2,1H3. The number of nitrogens with one attached hydrogen (secondary N) is 1. The van der Waals surface area contributed by atoms with Crippen LogP contribution in [0.5, 0.6) is 0 Å². The minimum Gasteiger partial charge on any atom is -0.312 e. The Morgan fingerprint density at radius 2 is 1.72 bits per heavy atom. The van der Waals surface area contributed by atoms with Crippen molar-refractivity contribution in [2.75, 3.05) is 12.8 Å². The highest BCUT2D eigenvalue weighted by Gasteiger charge is 2.09. The SMILES string of the molecule is CNC(CSc1ccccc1)c1ccc(F)cc1. The Balaban J connectivity index is 1.99. The van der Waals surface area contributed by atoms with Crippen LogP contribution in [0.25, 0.3) is 0 Å². The molecule has 0 aromatic heterocycles. The molecule has 0 amide bonds. The van der Waals surface area contributed by atoms with E-state index in [4.69, 9.17) is 0 Å². The zero-order valence-electron chi connectivity index (χ0n) is 10.3. The second-order valence-electron chi connectivity index (χ2n) is 4.02. The molecule has 0 aliphatic rings. The van der Waals surface area contributed by atoms with E-state index in [9.17, 15) is 4.39 Å². The van der Waals surface area contributed by atoms with Gasteiger partial charge in [0, 0.05) is 16.7 Å². The van der Waals surface area contributed by atoms with Gasteiger partial charge in [0.2, 0.25) is 0 Å². The molecule has 0 fully saturated rings. The number of thioether (sulfide) groups is 1. The lowest BCUT2D eigenvalue weighted by Gasteiger charge is -2.16. The topological polar surface area (TPSA) is 12.0 Å². The van der Waals surface area contributed by atoms with Gasteiger partial charge in [-0.25, -0.2) is 4.39 Å². The van der Waals surface area contributed by atoms with E-state index in [1.807, 2.05) is 37.4 Å². The summed E-state index contributed by atoms with van der Waals surface area (Å²) in [6, 6.07) is 17.2. The molecule has 0 aliphatic carbocycles. The fraction of sp³-hybridized carbons (Fsp3) is 0.200. The van der Waals surface area contributed by atoms with Gasteiger partial charge in [0.05, 0.1) is 0 Å². The van der Waals surface area contributed by atoms with Crippen molar-refractivity contribution in [3.8, 4) is 0 Å². The van der Waals surface area contributed by atoms with Crippen molar-refractivity contribution in [3.63, 3.8) is 0 Å². The molecular formula is C15H16FNS. The Bertz CT molecular complexity index is 470. The third-order valence-electron chi connectivity index (χ3n) is 2.78. The average molecular weight is 261 g/mol. The van der Waals surface area contributed by atoms with Crippen LogP contribution in [0.1, 0.15) is 11.6 Å². The fourth-order valence-corrected chi connectivity index (χ4v) is 2.81. The quantitative estimate of drug-likeness (QED) is 0.820. The van der Waals surface area contributed by atoms with Crippen molar-refractivity contribution < 1.29 is 4.39 Å². The number of hydrogen-bond donors (Lipinski definition) is 1. The Hall–Kier alpha value is -1.32. The Morgan fingerprint density at radius 3 is 2.33 bits per heavy atom. The van der Waals surface area contributed by atoms with Gasteiger partial charge < -0.3 is 5.32 Å². The lowest BCUT2D eigenvalue weighted by Crippen LogP contribution is -2.18. The third kappa shape index (κ3) is 3.59. The van der Waals surface area contributed by atoms with E-state index in [0.29, 0.717) is 0 Å². The van der Waals surface area contributed by atoms with Crippen LogP contribution in [0, 0.1) is 5.82 Å². The molecule has 0 aliphatic heterocycles. The van der Waals surface area contributed by atoms with Gasteiger partial charge in [0.25, 0.3) is 0 Å². The van der Waals surface area contributed by atoms with E-state index in [0.717, 1.165) is 11.3 Å². The molecule has 0 spiro atoms. The van der Waals surface area contributed by atoms with E-state index in [2.05, 4.69) is 17.4 Å². The van der Waals surface area contributed by atoms with E-state index in [-0.39, 0.29) is 11.9 Å². The summed E-state index contributed by atoms with van der Waals surface area (Å²) >= 11 is 1.80. The zero-order valence-corrected chi connectivity index (χ0v) is 11.1. The van der Waals surface area contributed by atoms with Crippen molar-refractivity contribution in [1.29, 1.82) is 0 Å². The van der Waals surface area contributed by atoms with E-state index >= 15 is 0 Å². The predicted molar refractivity (Wildman–Crippen MR) is 75.4 cm³/mol. The first-order valence-corrected chi connectivity index (χ1v) is 6.89. The largest absolute Gasteiger partial charge is 0.312 e. The molecular weight excluding hydrogens is 245 g/mol. The summed E-state index contributed by atoms with van der Waals surface area (Å²) in [4.78, 5) is 1.25. The van der Waals surface area contributed by atoms with Crippen molar-refractivity contribution in [1.82, 2.24) is 5.32 Å². The van der Waals surface area contributed by atoms with Gasteiger partial charge in [-0.05, 0) is 36.9 Å². The first-order valence-electron chi connectivity index (χ1n) is 5.90. The minimum absolute atomic E-state index is 0.190. The van der Waals surface area contributed by atoms with Crippen LogP contribution in [0.3, 0.4) is 0 Å². The monoisotopic (exact) mass is 261 g/mol. The van der Waals surface area contributed by atoms with E-state index < -0.39 is 0 Å². The maximum Gasteiger partial charge on any atom is 0.123 e. The second kappa shape index (κ2) is 6.57. The Labute approximate surface area is 111 Å².